The van der Waals surface area contributed by atoms with Gasteiger partial charge in [-0.3, -0.25) is 4.79 Å². The van der Waals surface area contributed by atoms with Crippen LogP contribution >= 0.6 is 12.4 Å². The number of piperidine rings is 2. The molecule has 0 aromatic heterocycles. The molecule has 2 saturated heterocycles. The van der Waals surface area contributed by atoms with E-state index in [0.29, 0.717) is 6.04 Å². The second-order valence-electron chi connectivity index (χ2n) is 4.84. The van der Waals surface area contributed by atoms with E-state index >= 15 is 0 Å². The Morgan fingerprint density at radius 2 is 1.65 bits per heavy atom. The van der Waals surface area contributed by atoms with Crippen LogP contribution in [0.3, 0.4) is 0 Å². The molecular weight excluding hydrogens is 240 g/mol. The van der Waals surface area contributed by atoms with Crippen LogP contribution in [0.4, 0.5) is 0 Å². The van der Waals surface area contributed by atoms with Crippen LogP contribution in [-0.2, 0) is 9.63 Å². The molecule has 2 aliphatic heterocycles. The van der Waals surface area contributed by atoms with Crippen molar-refractivity contribution in [1.29, 1.82) is 0 Å². The summed E-state index contributed by atoms with van der Waals surface area (Å²) in [6, 6.07) is 0.715. The number of hydrogen-bond acceptors (Lipinski definition) is 4. The Morgan fingerprint density at radius 3 is 2.18 bits per heavy atom. The van der Waals surface area contributed by atoms with Gasteiger partial charge >= 0.3 is 5.97 Å². The number of hydroxylamine groups is 2. The Bertz CT molecular complexity index is 237. The monoisotopic (exact) mass is 262 g/mol. The van der Waals surface area contributed by atoms with Gasteiger partial charge in [0, 0.05) is 26.1 Å². The van der Waals surface area contributed by atoms with Gasteiger partial charge in [-0.05, 0) is 38.8 Å². The number of hydrogen-bond donors (Lipinski definition) is 0. The fourth-order valence-corrected chi connectivity index (χ4v) is 2.76. The first kappa shape index (κ1) is 14.7. The average molecular weight is 263 g/mol. The number of carbonyl (C=O) groups excluding carboxylic acids is 1. The number of halogens is 1. The third-order valence-corrected chi connectivity index (χ3v) is 3.59. The summed E-state index contributed by atoms with van der Waals surface area (Å²) in [5.74, 6) is -0.198. The number of rotatable bonds is 2. The molecule has 100 valence electrons. The van der Waals surface area contributed by atoms with E-state index in [9.17, 15) is 4.79 Å². The average Bonchev–Trinajstić information content (AvgIpc) is 2.30. The largest absolute Gasteiger partial charge is 0.368 e. The second kappa shape index (κ2) is 7.19. The Kier molecular flexibility index (Phi) is 6.23. The summed E-state index contributed by atoms with van der Waals surface area (Å²) < 4.78 is 0. The topological polar surface area (TPSA) is 32.8 Å². The number of likely N-dealkylation sites (tertiary alicyclic amines) is 1. The van der Waals surface area contributed by atoms with E-state index in [1.54, 1.807) is 0 Å². The molecule has 17 heavy (non-hydrogen) atoms. The van der Waals surface area contributed by atoms with Crippen LogP contribution < -0.4 is 0 Å². The highest BCUT2D eigenvalue weighted by Gasteiger charge is 2.26. The Hall–Kier alpha value is -0.320. The summed E-state index contributed by atoms with van der Waals surface area (Å²) in [6.45, 7) is 5.77. The van der Waals surface area contributed by atoms with Crippen molar-refractivity contribution in [3.63, 3.8) is 0 Å². The summed E-state index contributed by atoms with van der Waals surface area (Å²) >= 11 is 0. The molecular formula is C12H23ClN2O2. The van der Waals surface area contributed by atoms with E-state index in [1.807, 2.05) is 5.06 Å². The minimum atomic E-state index is -0.198. The highest BCUT2D eigenvalue weighted by Crippen LogP contribution is 2.20. The van der Waals surface area contributed by atoms with Gasteiger partial charge in [-0.1, -0.05) is 6.42 Å². The minimum Gasteiger partial charge on any atom is -0.368 e. The van der Waals surface area contributed by atoms with Gasteiger partial charge in [0.25, 0.3) is 0 Å². The molecule has 0 aliphatic carbocycles. The van der Waals surface area contributed by atoms with Gasteiger partial charge in [-0.2, -0.15) is 0 Å². The predicted molar refractivity (Wildman–Crippen MR) is 69.0 cm³/mol. The summed E-state index contributed by atoms with van der Waals surface area (Å²) in [5, 5.41) is 1.81. The maximum Gasteiger partial charge on any atom is 0.322 e. The summed E-state index contributed by atoms with van der Waals surface area (Å²) in [6.07, 6.45) is 6.36. The van der Waals surface area contributed by atoms with Crippen molar-refractivity contribution < 1.29 is 9.63 Å². The van der Waals surface area contributed by atoms with Crippen LogP contribution in [0.25, 0.3) is 0 Å². The van der Waals surface area contributed by atoms with Crippen LogP contribution in [0.1, 0.15) is 39.0 Å². The summed E-state index contributed by atoms with van der Waals surface area (Å²) in [7, 11) is 0. The van der Waals surface area contributed by atoms with Crippen molar-refractivity contribution in [2.24, 2.45) is 0 Å². The highest BCUT2D eigenvalue weighted by molar-refractivity contribution is 5.85. The van der Waals surface area contributed by atoms with Crippen molar-refractivity contribution in [3.05, 3.63) is 0 Å². The van der Waals surface area contributed by atoms with E-state index in [4.69, 9.17) is 4.84 Å². The zero-order valence-electron chi connectivity index (χ0n) is 10.6. The lowest BCUT2D eigenvalue weighted by Gasteiger charge is -2.39. The molecule has 0 N–H and O–H groups in total. The van der Waals surface area contributed by atoms with Crippen LogP contribution in [-0.4, -0.2) is 48.2 Å². The Balaban J connectivity index is 0.00000144. The van der Waals surface area contributed by atoms with Crippen molar-refractivity contribution in [2.45, 2.75) is 45.1 Å². The van der Waals surface area contributed by atoms with Crippen molar-refractivity contribution in [1.82, 2.24) is 9.96 Å². The van der Waals surface area contributed by atoms with E-state index < -0.39 is 0 Å². The molecule has 0 unspecified atom stereocenters. The second-order valence-corrected chi connectivity index (χ2v) is 4.84. The fraction of sp³-hybridized carbons (Fsp3) is 0.917. The maximum absolute atomic E-state index is 10.8. The van der Waals surface area contributed by atoms with Gasteiger partial charge in [0.05, 0.1) is 0 Å². The van der Waals surface area contributed by atoms with Crippen LogP contribution in [0.2, 0.25) is 0 Å². The Morgan fingerprint density at radius 1 is 1.06 bits per heavy atom. The van der Waals surface area contributed by atoms with E-state index in [1.165, 1.54) is 39.3 Å². The van der Waals surface area contributed by atoms with E-state index in [0.717, 1.165) is 25.9 Å². The SMILES string of the molecule is CC(=O)ON1CCC(N2CCCCC2)CC1.Cl. The van der Waals surface area contributed by atoms with Gasteiger partial charge in [0.1, 0.15) is 0 Å². The van der Waals surface area contributed by atoms with Crippen LogP contribution in [0.15, 0.2) is 0 Å². The lowest BCUT2D eigenvalue weighted by molar-refractivity contribution is -0.194. The normalized spacial score (nSPS) is 24.1. The standard InChI is InChI=1S/C12H22N2O2.ClH/c1-11(15)16-14-9-5-12(6-10-14)13-7-3-2-4-8-13;/h12H,2-10H2,1H3;1H. The lowest BCUT2D eigenvalue weighted by Crippen LogP contribution is -2.46. The molecule has 0 radical (unpaired) electrons. The van der Waals surface area contributed by atoms with Gasteiger partial charge in [0.15, 0.2) is 0 Å². The van der Waals surface area contributed by atoms with Crippen LogP contribution in [0, 0.1) is 0 Å². The summed E-state index contributed by atoms with van der Waals surface area (Å²) in [4.78, 5) is 18.5. The van der Waals surface area contributed by atoms with Crippen LogP contribution in [0.5, 0.6) is 0 Å². The molecule has 0 aromatic rings. The molecule has 4 nitrogen and oxygen atoms in total. The molecule has 2 fully saturated rings. The fourth-order valence-electron chi connectivity index (χ4n) is 2.76. The minimum absolute atomic E-state index is 0. The molecule has 0 saturated carbocycles. The van der Waals surface area contributed by atoms with Crippen molar-refractivity contribution in [2.75, 3.05) is 26.2 Å². The third-order valence-electron chi connectivity index (χ3n) is 3.59. The van der Waals surface area contributed by atoms with Crippen molar-refractivity contribution >= 4 is 18.4 Å². The molecule has 2 heterocycles. The number of nitrogens with zero attached hydrogens (tertiary/aromatic N) is 2. The molecule has 0 atom stereocenters. The quantitative estimate of drug-likeness (QED) is 0.760. The zero-order valence-corrected chi connectivity index (χ0v) is 11.4. The predicted octanol–water partition coefficient (Wildman–Crippen LogP) is 1.84. The van der Waals surface area contributed by atoms with Crippen molar-refractivity contribution in [3.8, 4) is 0 Å². The first-order chi connectivity index (χ1) is 7.75. The molecule has 2 aliphatic rings. The maximum atomic E-state index is 10.8. The van der Waals surface area contributed by atoms with E-state index in [2.05, 4.69) is 4.90 Å². The molecule has 0 bridgehead atoms. The first-order valence-corrected chi connectivity index (χ1v) is 6.43. The lowest BCUT2D eigenvalue weighted by atomic mass is 10.0. The third kappa shape index (κ3) is 4.45. The van der Waals surface area contributed by atoms with Gasteiger partial charge < -0.3 is 9.74 Å². The Labute approximate surface area is 110 Å². The zero-order chi connectivity index (χ0) is 11.4. The molecule has 0 amide bonds. The smallest absolute Gasteiger partial charge is 0.322 e. The molecule has 2 rings (SSSR count). The molecule has 0 aromatic carbocycles. The van der Waals surface area contributed by atoms with Gasteiger partial charge in [-0.15, -0.1) is 17.5 Å². The van der Waals surface area contributed by atoms with Gasteiger partial charge in [-0.25, -0.2) is 0 Å². The highest BCUT2D eigenvalue weighted by atomic mass is 35.5. The van der Waals surface area contributed by atoms with E-state index in [-0.39, 0.29) is 18.4 Å². The summed E-state index contributed by atoms with van der Waals surface area (Å²) in [5.41, 5.74) is 0. The number of carbonyl (C=O) groups is 1. The molecule has 5 heteroatoms. The molecule has 0 spiro atoms. The first-order valence-electron chi connectivity index (χ1n) is 6.43. The van der Waals surface area contributed by atoms with Gasteiger partial charge in [0.2, 0.25) is 0 Å².